The van der Waals surface area contributed by atoms with Crippen molar-refractivity contribution in [2.24, 2.45) is 11.8 Å². The van der Waals surface area contributed by atoms with Crippen LogP contribution in [0.2, 0.25) is 0 Å². The zero-order valence-electron chi connectivity index (χ0n) is 15.7. The van der Waals surface area contributed by atoms with Crippen molar-refractivity contribution in [3.8, 4) is 5.75 Å². The van der Waals surface area contributed by atoms with E-state index < -0.39 is 0 Å². The van der Waals surface area contributed by atoms with Crippen molar-refractivity contribution in [3.05, 3.63) is 29.8 Å². The minimum atomic E-state index is 0. The van der Waals surface area contributed by atoms with Gasteiger partial charge in [0.15, 0.2) is 0 Å². The Morgan fingerprint density at radius 3 is 2.58 bits per heavy atom. The number of halogens is 1. The van der Waals surface area contributed by atoms with Gasteiger partial charge in [0.1, 0.15) is 5.75 Å². The van der Waals surface area contributed by atoms with Crippen molar-refractivity contribution in [1.29, 1.82) is 0 Å². The lowest BCUT2D eigenvalue weighted by Crippen LogP contribution is -2.44. The summed E-state index contributed by atoms with van der Waals surface area (Å²) in [6.07, 6.45) is 4.60. The highest BCUT2D eigenvalue weighted by atomic mass is 35.5. The van der Waals surface area contributed by atoms with Gasteiger partial charge in [0, 0.05) is 19.0 Å². The third-order valence-electron chi connectivity index (χ3n) is 5.50. The third kappa shape index (κ3) is 6.15. The normalized spacial score (nSPS) is 21.7. The highest BCUT2D eigenvalue weighted by Crippen LogP contribution is 2.20. The second-order valence-corrected chi connectivity index (χ2v) is 7.35. The molecule has 1 atom stereocenters. The fourth-order valence-electron chi connectivity index (χ4n) is 3.90. The van der Waals surface area contributed by atoms with E-state index in [9.17, 15) is 4.79 Å². The molecule has 2 aliphatic rings. The van der Waals surface area contributed by atoms with Crippen molar-refractivity contribution in [2.75, 3.05) is 39.8 Å². The van der Waals surface area contributed by atoms with Gasteiger partial charge < -0.3 is 20.3 Å². The van der Waals surface area contributed by atoms with Crippen LogP contribution in [0.4, 0.5) is 0 Å². The molecule has 2 fully saturated rings. The summed E-state index contributed by atoms with van der Waals surface area (Å²) in [6, 6.07) is 7.86. The molecule has 2 N–H and O–H groups in total. The van der Waals surface area contributed by atoms with Crippen LogP contribution in [0.15, 0.2) is 24.3 Å². The van der Waals surface area contributed by atoms with Crippen molar-refractivity contribution in [2.45, 2.75) is 32.2 Å². The summed E-state index contributed by atoms with van der Waals surface area (Å²) in [6.45, 7) is 6.22. The average Bonchev–Trinajstić information content (AvgIpc) is 2.68. The van der Waals surface area contributed by atoms with Crippen LogP contribution in [0.5, 0.6) is 5.75 Å². The summed E-state index contributed by atoms with van der Waals surface area (Å²) < 4.78 is 5.16. The van der Waals surface area contributed by atoms with E-state index in [1.807, 2.05) is 24.3 Å². The van der Waals surface area contributed by atoms with Gasteiger partial charge in [0.05, 0.1) is 7.11 Å². The molecule has 0 aromatic heterocycles. The Balaban J connectivity index is 0.00000243. The molecular weight excluding hydrogens is 350 g/mol. The average molecular weight is 382 g/mol. The minimum absolute atomic E-state index is 0. The van der Waals surface area contributed by atoms with E-state index in [2.05, 4.69) is 15.5 Å². The number of likely N-dealkylation sites (tertiary alicyclic amines) is 1. The molecular formula is C20H32ClN3O2. The lowest BCUT2D eigenvalue weighted by molar-refractivity contribution is -0.126. The Hall–Kier alpha value is -1.30. The number of rotatable bonds is 6. The van der Waals surface area contributed by atoms with Crippen LogP contribution in [-0.4, -0.2) is 50.6 Å². The first-order chi connectivity index (χ1) is 12.2. The van der Waals surface area contributed by atoms with Gasteiger partial charge in [0.25, 0.3) is 0 Å². The zero-order valence-corrected chi connectivity index (χ0v) is 16.5. The Kier molecular flexibility index (Phi) is 8.69. The second-order valence-electron chi connectivity index (χ2n) is 7.35. The molecule has 1 aromatic carbocycles. The van der Waals surface area contributed by atoms with Crippen LogP contribution >= 0.6 is 12.4 Å². The maximum Gasteiger partial charge on any atom is 0.223 e. The van der Waals surface area contributed by atoms with Gasteiger partial charge in [-0.3, -0.25) is 4.79 Å². The molecule has 0 spiro atoms. The summed E-state index contributed by atoms with van der Waals surface area (Å²) in [5.41, 5.74) is 1.11. The van der Waals surface area contributed by atoms with Crippen LogP contribution < -0.4 is 15.4 Å². The van der Waals surface area contributed by atoms with Gasteiger partial charge >= 0.3 is 0 Å². The number of methoxy groups -OCH3 is 1. The van der Waals surface area contributed by atoms with Crippen LogP contribution in [0, 0.1) is 11.8 Å². The number of benzene rings is 1. The van der Waals surface area contributed by atoms with E-state index in [4.69, 9.17) is 4.74 Å². The molecule has 0 saturated carbocycles. The monoisotopic (exact) mass is 381 g/mol. The Bertz CT molecular complexity index is 538. The molecule has 1 aromatic rings. The molecule has 2 aliphatic heterocycles. The predicted octanol–water partition coefficient (Wildman–Crippen LogP) is 2.44. The summed E-state index contributed by atoms with van der Waals surface area (Å²) >= 11 is 0. The smallest absolute Gasteiger partial charge is 0.223 e. The molecule has 0 aliphatic carbocycles. The molecule has 3 rings (SSSR count). The lowest BCUT2D eigenvalue weighted by Gasteiger charge is -2.35. The minimum Gasteiger partial charge on any atom is -0.497 e. The van der Waals surface area contributed by atoms with E-state index >= 15 is 0 Å². The lowest BCUT2D eigenvalue weighted by atomic mass is 9.93. The number of nitrogens with one attached hydrogen (secondary N) is 2. The number of piperidine rings is 2. The number of hydrogen-bond acceptors (Lipinski definition) is 4. The topological polar surface area (TPSA) is 53.6 Å². The predicted molar refractivity (Wildman–Crippen MR) is 107 cm³/mol. The number of carbonyl (C=O) groups excluding carboxylic acids is 1. The summed E-state index contributed by atoms with van der Waals surface area (Å²) in [4.78, 5) is 15.0. The van der Waals surface area contributed by atoms with E-state index in [0.29, 0.717) is 6.54 Å². The molecule has 5 nitrogen and oxygen atoms in total. The molecule has 0 radical (unpaired) electrons. The molecule has 1 unspecified atom stereocenters. The van der Waals surface area contributed by atoms with Gasteiger partial charge in [-0.2, -0.15) is 0 Å². The summed E-state index contributed by atoms with van der Waals surface area (Å²) in [5.74, 6) is 2.00. The maximum absolute atomic E-state index is 12.4. The van der Waals surface area contributed by atoms with Crippen LogP contribution in [0.3, 0.4) is 0 Å². The molecule has 6 heteroatoms. The number of carbonyl (C=O) groups is 1. The van der Waals surface area contributed by atoms with Crippen molar-refractivity contribution in [1.82, 2.24) is 15.5 Å². The number of ether oxygens (including phenoxy) is 1. The van der Waals surface area contributed by atoms with E-state index in [1.54, 1.807) is 7.11 Å². The van der Waals surface area contributed by atoms with E-state index in [0.717, 1.165) is 49.7 Å². The van der Waals surface area contributed by atoms with E-state index in [1.165, 1.54) is 25.9 Å². The third-order valence-corrected chi connectivity index (χ3v) is 5.50. The SMILES string of the molecule is COc1ccc(CNC(=O)C2CCN(CC3CCCNC3)CC2)cc1.Cl. The first-order valence-corrected chi connectivity index (χ1v) is 9.58. The van der Waals surface area contributed by atoms with Gasteiger partial charge in [0.2, 0.25) is 5.91 Å². The first kappa shape index (κ1) is 21.0. The highest BCUT2D eigenvalue weighted by Gasteiger charge is 2.26. The van der Waals surface area contributed by atoms with Gasteiger partial charge in [-0.25, -0.2) is 0 Å². The number of nitrogens with zero attached hydrogens (tertiary/aromatic N) is 1. The largest absolute Gasteiger partial charge is 0.497 e. The Labute approximate surface area is 163 Å². The van der Waals surface area contributed by atoms with Gasteiger partial charge in [-0.15, -0.1) is 12.4 Å². The number of hydrogen-bond donors (Lipinski definition) is 2. The Morgan fingerprint density at radius 2 is 1.96 bits per heavy atom. The van der Waals surface area contributed by atoms with Crippen LogP contribution in [0.1, 0.15) is 31.2 Å². The van der Waals surface area contributed by atoms with Gasteiger partial charge in [-0.05, 0) is 75.5 Å². The van der Waals surface area contributed by atoms with E-state index in [-0.39, 0.29) is 24.2 Å². The zero-order chi connectivity index (χ0) is 17.5. The number of amides is 1. The maximum atomic E-state index is 12.4. The quantitative estimate of drug-likeness (QED) is 0.794. The van der Waals surface area contributed by atoms with Crippen molar-refractivity contribution in [3.63, 3.8) is 0 Å². The first-order valence-electron chi connectivity index (χ1n) is 9.58. The van der Waals surface area contributed by atoms with Crippen LogP contribution in [-0.2, 0) is 11.3 Å². The Morgan fingerprint density at radius 1 is 1.23 bits per heavy atom. The molecule has 1 amide bonds. The molecule has 146 valence electrons. The fourth-order valence-corrected chi connectivity index (χ4v) is 3.90. The molecule has 2 heterocycles. The van der Waals surface area contributed by atoms with Crippen molar-refractivity contribution < 1.29 is 9.53 Å². The van der Waals surface area contributed by atoms with Gasteiger partial charge in [-0.1, -0.05) is 12.1 Å². The second kappa shape index (κ2) is 10.8. The molecule has 0 bridgehead atoms. The standard InChI is InChI=1S/C20H31N3O2.ClH/c1-25-19-6-4-16(5-7-19)14-22-20(24)18-8-11-23(12-9-18)15-17-3-2-10-21-13-17;/h4-7,17-18,21H,2-3,8-15H2,1H3,(H,22,24);1H. The fraction of sp³-hybridized carbons (Fsp3) is 0.650. The molecule has 26 heavy (non-hydrogen) atoms. The van der Waals surface area contributed by atoms with Crippen LogP contribution in [0.25, 0.3) is 0 Å². The summed E-state index contributed by atoms with van der Waals surface area (Å²) in [7, 11) is 1.66. The van der Waals surface area contributed by atoms with Crippen molar-refractivity contribution >= 4 is 18.3 Å². The molecule has 2 saturated heterocycles. The highest BCUT2D eigenvalue weighted by molar-refractivity contribution is 5.85. The summed E-state index contributed by atoms with van der Waals surface area (Å²) in [5, 5.41) is 6.59.